The number of carboxylic acids is 1. The summed E-state index contributed by atoms with van der Waals surface area (Å²) >= 11 is 0. The van der Waals surface area contributed by atoms with Crippen molar-refractivity contribution < 1.29 is 19.1 Å². The summed E-state index contributed by atoms with van der Waals surface area (Å²) < 4.78 is 12.8. The molecule has 0 radical (unpaired) electrons. The molecule has 0 aliphatic rings. The van der Waals surface area contributed by atoms with E-state index in [9.17, 15) is 14.0 Å². The van der Waals surface area contributed by atoms with Crippen molar-refractivity contribution in [2.45, 2.75) is 0 Å². The molecular weight excluding hydrogens is 191 g/mol. The number of aromatic nitrogens is 1. The highest BCUT2D eigenvalue weighted by atomic mass is 19.1. The number of rotatable bonds is 3. The van der Waals surface area contributed by atoms with Crippen LogP contribution in [-0.2, 0) is 4.79 Å². The summed E-state index contributed by atoms with van der Waals surface area (Å²) in [7, 11) is 0. The van der Waals surface area contributed by atoms with E-state index in [4.69, 9.17) is 5.11 Å². The van der Waals surface area contributed by atoms with Crippen molar-refractivity contribution in [2.75, 3.05) is 6.54 Å². The normalized spacial score (nSPS) is 9.50. The fourth-order valence-electron chi connectivity index (χ4n) is 0.807. The van der Waals surface area contributed by atoms with Gasteiger partial charge in [0.25, 0.3) is 5.91 Å². The van der Waals surface area contributed by atoms with Crippen LogP contribution in [0.25, 0.3) is 0 Å². The predicted octanol–water partition coefficient (Wildman–Crippen LogP) is 0.0351. The Labute approximate surface area is 78.6 Å². The number of pyridine rings is 1. The van der Waals surface area contributed by atoms with E-state index in [0.29, 0.717) is 0 Å². The zero-order valence-corrected chi connectivity index (χ0v) is 7.03. The largest absolute Gasteiger partial charge is 0.480 e. The van der Waals surface area contributed by atoms with Crippen molar-refractivity contribution >= 4 is 11.9 Å². The average molecular weight is 198 g/mol. The number of aliphatic carboxylic acids is 1. The van der Waals surface area contributed by atoms with E-state index >= 15 is 0 Å². The van der Waals surface area contributed by atoms with Gasteiger partial charge >= 0.3 is 5.97 Å². The first kappa shape index (κ1) is 10.1. The van der Waals surface area contributed by atoms with Crippen molar-refractivity contribution in [1.82, 2.24) is 10.3 Å². The zero-order chi connectivity index (χ0) is 10.6. The summed E-state index contributed by atoms with van der Waals surface area (Å²) in [5, 5.41) is 10.3. The molecule has 2 N–H and O–H groups in total. The van der Waals surface area contributed by atoms with E-state index in [1.165, 1.54) is 18.3 Å². The van der Waals surface area contributed by atoms with Crippen LogP contribution >= 0.6 is 0 Å². The van der Waals surface area contributed by atoms with Crippen LogP contribution in [0.2, 0.25) is 0 Å². The molecule has 74 valence electrons. The second-order valence-corrected chi connectivity index (χ2v) is 2.42. The molecule has 1 rings (SSSR count). The Kier molecular flexibility index (Phi) is 3.11. The van der Waals surface area contributed by atoms with Crippen molar-refractivity contribution in [3.63, 3.8) is 0 Å². The standard InChI is InChI=1S/C8H7FN2O3/c9-7-5(2-1-3-10-7)8(14)11-4-6(12)13/h1-3H,4H2,(H,11,14)(H,12,13). The van der Waals surface area contributed by atoms with Crippen LogP contribution < -0.4 is 5.32 Å². The summed E-state index contributed by atoms with van der Waals surface area (Å²) in [5.74, 6) is -2.91. The van der Waals surface area contributed by atoms with Gasteiger partial charge in [-0.2, -0.15) is 4.39 Å². The summed E-state index contributed by atoms with van der Waals surface area (Å²) in [6.07, 6.45) is 1.20. The minimum Gasteiger partial charge on any atom is -0.480 e. The van der Waals surface area contributed by atoms with Gasteiger partial charge in [0.2, 0.25) is 5.95 Å². The highest BCUT2D eigenvalue weighted by Gasteiger charge is 2.12. The molecule has 5 nitrogen and oxygen atoms in total. The van der Waals surface area contributed by atoms with Gasteiger partial charge in [-0.3, -0.25) is 9.59 Å². The van der Waals surface area contributed by atoms with Gasteiger partial charge < -0.3 is 10.4 Å². The third-order valence-electron chi connectivity index (χ3n) is 1.40. The third-order valence-corrected chi connectivity index (χ3v) is 1.40. The van der Waals surface area contributed by atoms with Crippen LogP contribution in [0.5, 0.6) is 0 Å². The Bertz CT molecular complexity index is 367. The quantitative estimate of drug-likeness (QED) is 0.672. The topological polar surface area (TPSA) is 79.3 Å². The lowest BCUT2D eigenvalue weighted by Crippen LogP contribution is -2.30. The van der Waals surface area contributed by atoms with Crippen LogP contribution in [0.3, 0.4) is 0 Å². The lowest BCUT2D eigenvalue weighted by Gasteiger charge is -2.01. The molecule has 0 aromatic carbocycles. The Hall–Kier alpha value is -1.98. The third kappa shape index (κ3) is 2.51. The SMILES string of the molecule is O=C(O)CNC(=O)c1cccnc1F. The first-order chi connectivity index (χ1) is 6.61. The van der Waals surface area contributed by atoms with Crippen LogP contribution in [0.1, 0.15) is 10.4 Å². The van der Waals surface area contributed by atoms with Gasteiger partial charge in [0.15, 0.2) is 0 Å². The van der Waals surface area contributed by atoms with Gasteiger partial charge in [-0.25, -0.2) is 4.98 Å². The van der Waals surface area contributed by atoms with Gasteiger partial charge in [-0.15, -0.1) is 0 Å². The van der Waals surface area contributed by atoms with Crippen molar-refractivity contribution in [3.8, 4) is 0 Å². The molecule has 1 heterocycles. The monoisotopic (exact) mass is 198 g/mol. The smallest absolute Gasteiger partial charge is 0.322 e. The van der Waals surface area contributed by atoms with E-state index < -0.39 is 24.4 Å². The second-order valence-electron chi connectivity index (χ2n) is 2.42. The van der Waals surface area contributed by atoms with Crippen LogP contribution in [0.15, 0.2) is 18.3 Å². The number of amides is 1. The number of halogens is 1. The molecule has 0 aliphatic heterocycles. The fourth-order valence-corrected chi connectivity index (χ4v) is 0.807. The van der Waals surface area contributed by atoms with E-state index in [-0.39, 0.29) is 5.56 Å². The molecule has 1 amide bonds. The molecule has 0 aliphatic carbocycles. The number of carbonyl (C=O) groups excluding carboxylic acids is 1. The van der Waals surface area contributed by atoms with Crippen molar-refractivity contribution in [2.24, 2.45) is 0 Å². The average Bonchev–Trinajstić information content (AvgIpc) is 2.15. The molecule has 0 atom stereocenters. The predicted molar refractivity (Wildman–Crippen MR) is 44.2 cm³/mol. The Morgan fingerprint density at radius 3 is 2.86 bits per heavy atom. The molecule has 6 heteroatoms. The van der Waals surface area contributed by atoms with Crippen molar-refractivity contribution in [3.05, 3.63) is 29.8 Å². The maximum atomic E-state index is 12.8. The Balaban J connectivity index is 2.70. The molecule has 0 saturated carbocycles. The number of carboxylic acid groups (broad SMARTS) is 1. The maximum Gasteiger partial charge on any atom is 0.322 e. The molecule has 1 aromatic heterocycles. The van der Waals surface area contributed by atoms with Gasteiger partial charge in [-0.05, 0) is 12.1 Å². The lowest BCUT2D eigenvalue weighted by atomic mass is 10.2. The number of carbonyl (C=O) groups is 2. The van der Waals surface area contributed by atoms with E-state index in [2.05, 4.69) is 4.98 Å². The Morgan fingerprint density at radius 1 is 1.57 bits per heavy atom. The van der Waals surface area contributed by atoms with Gasteiger partial charge in [-0.1, -0.05) is 0 Å². The summed E-state index contributed by atoms with van der Waals surface area (Å²) in [6.45, 7) is -0.548. The molecule has 0 bridgehead atoms. The molecule has 0 fully saturated rings. The first-order valence-corrected chi connectivity index (χ1v) is 3.72. The van der Waals surface area contributed by atoms with Gasteiger partial charge in [0, 0.05) is 6.20 Å². The van der Waals surface area contributed by atoms with Crippen LogP contribution in [0, 0.1) is 5.95 Å². The van der Waals surface area contributed by atoms with E-state index in [1.54, 1.807) is 0 Å². The molecule has 1 aromatic rings. The van der Waals surface area contributed by atoms with Gasteiger partial charge in [0.05, 0.1) is 5.56 Å². The molecule has 14 heavy (non-hydrogen) atoms. The highest BCUT2D eigenvalue weighted by Crippen LogP contribution is 2.01. The summed E-state index contributed by atoms with van der Waals surface area (Å²) in [4.78, 5) is 24.5. The highest BCUT2D eigenvalue weighted by molar-refractivity contribution is 5.95. The molecule has 0 saturated heterocycles. The minimum absolute atomic E-state index is 0.270. The second kappa shape index (κ2) is 4.31. The van der Waals surface area contributed by atoms with E-state index in [0.717, 1.165) is 0 Å². The van der Waals surface area contributed by atoms with Crippen LogP contribution in [-0.4, -0.2) is 28.5 Å². The van der Waals surface area contributed by atoms with Crippen molar-refractivity contribution in [1.29, 1.82) is 0 Å². The zero-order valence-electron chi connectivity index (χ0n) is 7.03. The maximum absolute atomic E-state index is 12.8. The van der Waals surface area contributed by atoms with Crippen LogP contribution in [0.4, 0.5) is 4.39 Å². The van der Waals surface area contributed by atoms with E-state index in [1.807, 2.05) is 5.32 Å². The number of hydrogen-bond donors (Lipinski definition) is 2. The molecule has 0 unspecified atom stereocenters. The lowest BCUT2D eigenvalue weighted by molar-refractivity contribution is -0.135. The minimum atomic E-state index is -1.19. The first-order valence-electron chi connectivity index (χ1n) is 3.72. The fraction of sp³-hybridized carbons (Fsp3) is 0.125. The number of hydrogen-bond acceptors (Lipinski definition) is 3. The summed E-state index contributed by atoms with van der Waals surface area (Å²) in [5.41, 5.74) is -0.270. The Morgan fingerprint density at radius 2 is 2.29 bits per heavy atom. The number of nitrogens with zero attached hydrogens (tertiary/aromatic N) is 1. The molecule has 0 spiro atoms. The molecular formula is C8H7FN2O3. The summed E-state index contributed by atoms with van der Waals surface area (Å²) in [6, 6.07) is 2.61. The number of nitrogens with one attached hydrogen (secondary N) is 1. The van der Waals surface area contributed by atoms with Gasteiger partial charge in [0.1, 0.15) is 6.54 Å².